The maximum absolute atomic E-state index is 5.46. The molecule has 2 rings (SSSR count). The Labute approximate surface area is 105 Å². The minimum Gasteiger partial charge on any atom is -0.468 e. The lowest BCUT2D eigenvalue weighted by molar-refractivity contribution is 0.326. The van der Waals surface area contributed by atoms with Crippen LogP contribution in [0.2, 0.25) is 0 Å². The van der Waals surface area contributed by atoms with E-state index < -0.39 is 0 Å². The largest absolute Gasteiger partial charge is 0.468 e. The van der Waals surface area contributed by atoms with Gasteiger partial charge in [0.15, 0.2) is 0 Å². The van der Waals surface area contributed by atoms with Gasteiger partial charge in [0.25, 0.3) is 0 Å². The van der Waals surface area contributed by atoms with E-state index in [0.717, 1.165) is 18.2 Å². The molecule has 1 aliphatic rings. The van der Waals surface area contributed by atoms with Gasteiger partial charge in [-0.2, -0.15) is 0 Å². The van der Waals surface area contributed by atoms with Gasteiger partial charge in [0.1, 0.15) is 5.76 Å². The fraction of sp³-hybridized carbons (Fsp3) is 0.733. The maximum atomic E-state index is 5.46. The van der Waals surface area contributed by atoms with E-state index in [1.165, 1.54) is 44.1 Å². The average molecular weight is 235 g/mol. The second-order valence-electron chi connectivity index (χ2n) is 5.45. The molecule has 0 amide bonds. The molecule has 96 valence electrons. The van der Waals surface area contributed by atoms with Gasteiger partial charge in [0.2, 0.25) is 0 Å². The van der Waals surface area contributed by atoms with E-state index in [9.17, 15) is 0 Å². The molecule has 0 spiro atoms. The number of furan rings is 1. The topological polar surface area (TPSA) is 25.2 Å². The van der Waals surface area contributed by atoms with Crippen LogP contribution >= 0.6 is 0 Å². The van der Waals surface area contributed by atoms with Gasteiger partial charge in [-0.3, -0.25) is 0 Å². The van der Waals surface area contributed by atoms with Crippen molar-refractivity contribution in [3.05, 3.63) is 23.7 Å². The molecule has 2 heteroatoms. The maximum Gasteiger partial charge on any atom is 0.120 e. The fourth-order valence-electron chi connectivity index (χ4n) is 2.82. The summed E-state index contributed by atoms with van der Waals surface area (Å²) in [7, 11) is 0. The summed E-state index contributed by atoms with van der Waals surface area (Å²) >= 11 is 0. The Morgan fingerprint density at radius 3 is 2.59 bits per heavy atom. The molecule has 0 radical (unpaired) electrons. The number of hydrogen-bond donors (Lipinski definition) is 1. The first-order valence-electron chi connectivity index (χ1n) is 7.03. The zero-order chi connectivity index (χ0) is 12.1. The molecule has 1 heterocycles. The van der Waals surface area contributed by atoms with Gasteiger partial charge in [-0.05, 0) is 44.2 Å². The van der Waals surface area contributed by atoms with Crippen molar-refractivity contribution in [2.75, 3.05) is 0 Å². The Kier molecular flexibility index (Phi) is 4.66. The Balaban J connectivity index is 1.80. The standard InChI is InChI=1S/C15H25NO/c1-12-9-10-17-15(12)11-16-13(2)14-7-5-3-4-6-8-14/h9-10,13-14,16H,3-8,11H2,1-2H3/t13-/m0/s1. The fourth-order valence-corrected chi connectivity index (χ4v) is 2.82. The minimum atomic E-state index is 0.609. The van der Waals surface area contributed by atoms with Gasteiger partial charge in [0, 0.05) is 6.04 Å². The van der Waals surface area contributed by atoms with Crippen LogP contribution in [0.3, 0.4) is 0 Å². The number of nitrogens with one attached hydrogen (secondary N) is 1. The highest BCUT2D eigenvalue weighted by molar-refractivity contribution is 5.14. The summed E-state index contributed by atoms with van der Waals surface area (Å²) in [4.78, 5) is 0. The molecular formula is C15H25NO. The van der Waals surface area contributed by atoms with E-state index in [4.69, 9.17) is 4.42 Å². The lowest BCUT2D eigenvalue weighted by Gasteiger charge is -2.23. The van der Waals surface area contributed by atoms with Crippen molar-refractivity contribution >= 4 is 0 Å². The lowest BCUT2D eigenvalue weighted by atomic mass is 9.93. The van der Waals surface area contributed by atoms with Crippen LogP contribution < -0.4 is 5.32 Å². The van der Waals surface area contributed by atoms with Crippen LogP contribution in [0.4, 0.5) is 0 Å². The van der Waals surface area contributed by atoms with E-state index in [-0.39, 0.29) is 0 Å². The van der Waals surface area contributed by atoms with E-state index in [2.05, 4.69) is 19.2 Å². The van der Waals surface area contributed by atoms with Crippen LogP contribution in [-0.4, -0.2) is 6.04 Å². The molecule has 0 saturated heterocycles. The van der Waals surface area contributed by atoms with Crippen LogP contribution in [0.25, 0.3) is 0 Å². The highest BCUT2D eigenvalue weighted by Crippen LogP contribution is 2.25. The smallest absolute Gasteiger partial charge is 0.120 e. The van der Waals surface area contributed by atoms with Crippen LogP contribution in [0.1, 0.15) is 56.8 Å². The highest BCUT2D eigenvalue weighted by Gasteiger charge is 2.18. The molecule has 1 aromatic rings. The van der Waals surface area contributed by atoms with Crippen LogP contribution in [0.15, 0.2) is 16.7 Å². The summed E-state index contributed by atoms with van der Waals surface area (Å²) in [5.74, 6) is 1.94. The Bertz CT molecular complexity index is 323. The molecule has 0 aliphatic heterocycles. The third kappa shape index (κ3) is 3.60. The molecule has 1 N–H and O–H groups in total. The molecule has 1 aromatic heterocycles. The van der Waals surface area contributed by atoms with Crippen LogP contribution in [0.5, 0.6) is 0 Å². The molecule has 1 saturated carbocycles. The van der Waals surface area contributed by atoms with Crippen molar-refractivity contribution in [2.45, 2.75) is 65.0 Å². The molecule has 1 fully saturated rings. The minimum absolute atomic E-state index is 0.609. The quantitative estimate of drug-likeness (QED) is 0.797. The van der Waals surface area contributed by atoms with Gasteiger partial charge in [0.05, 0.1) is 12.8 Å². The molecule has 1 aliphatic carbocycles. The monoisotopic (exact) mass is 235 g/mol. The van der Waals surface area contributed by atoms with Crippen molar-refractivity contribution < 1.29 is 4.42 Å². The first kappa shape index (κ1) is 12.7. The van der Waals surface area contributed by atoms with Gasteiger partial charge in [-0.1, -0.05) is 25.7 Å². The summed E-state index contributed by atoms with van der Waals surface area (Å²) in [5.41, 5.74) is 1.26. The van der Waals surface area contributed by atoms with Crippen molar-refractivity contribution in [3.8, 4) is 0 Å². The predicted molar refractivity (Wildman–Crippen MR) is 70.9 cm³/mol. The summed E-state index contributed by atoms with van der Waals surface area (Å²) in [6.07, 6.45) is 10.3. The van der Waals surface area contributed by atoms with Crippen molar-refractivity contribution in [1.82, 2.24) is 5.32 Å². The highest BCUT2D eigenvalue weighted by atomic mass is 16.3. The first-order valence-corrected chi connectivity index (χ1v) is 7.03. The first-order chi connectivity index (χ1) is 8.27. The predicted octanol–water partition coefficient (Wildman–Crippen LogP) is 4.04. The summed E-state index contributed by atoms with van der Waals surface area (Å²) < 4.78 is 5.46. The molecule has 0 aromatic carbocycles. The van der Waals surface area contributed by atoms with Crippen molar-refractivity contribution in [1.29, 1.82) is 0 Å². The molecular weight excluding hydrogens is 210 g/mol. The summed E-state index contributed by atoms with van der Waals surface area (Å²) in [6.45, 7) is 5.31. The summed E-state index contributed by atoms with van der Waals surface area (Å²) in [6, 6.07) is 2.64. The van der Waals surface area contributed by atoms with E-state index in [0.29, 0.717) is 6.04 Å². The van der Waals surface area contributed by atoms with E-state index in [1.54, 1.807) is 6.26 Å². The van der Waals surface area contributed by atoms with Crippen LogP contribution in [0, 0.1) is 12.8 Å². The SMILES string of the molecule is Cc1ccoc1CN[C@@H](C)C1CCCCCC1. The van der Waals surface area contributed by atoms with E-state index in [1.807, 2.05) is 6.07 Å². The molecule has 1 atom stereocenters. The zero-order valence-electron chi connectivity index (χ0n) is 11.2. The number of hydrogen-bond acceptors (Lipinski definition) is 2. The van der Waals surface area contributed by atoms with Crippen molar-refractivity contribution in [3.63, 3.8) is 0 Å². The molecule has 0 unspecified atom stereocenters. The Morgan fingerprint density at radius 1 is 1.29 bits per heavy atom. The van der Waals surface area contributed by atoms with Crippen LogP contribution in [-0.2, 0) is 6.54 Å². The molecule has 0 bridgehead atoms. The van der Waals surface area contributed by atoms with Gasteiger partial charge < -0.3 is 9.73 Å². The third-order valence-electron chi connectivity index (χ3n) is 4.16. The normalized spacial score (nSPS) is 20.1. The molecule has 2 nitrogen and oxygen atoms in total. The zero-order valence-corrected chi connectivity index (χ0v) is 11.2. The Hall–Kier alpha value is -0.760. The second-order valence-corrected chi connectivity index (χ2v) is 5.45. The van der Waals surface area contributed by atoms with Gasteiger partial charge >= 0.3 is 0 Å². The summed E-state index contributed by atoms with van der Waals surface area (Å²) in [5, 5.41) is 3.63. The second kappa shape index (κ2) is 6.25. The molecule has 17 heavy (non-hydrogen) atoms. The van der Waals surface area contributed by atoms with Gasteiger partial charge in [-0.25, -0.2) is 0 Å². The average Bonchev–Trinajstić information content (AvgIpc) is 2.58. The third-order valence-corrected chi connectivity index (χ3v) is 4.16. The van der Waals surface area contributed by atoms with Crippen molar-refractivity contribution in [2.24, 2.45) is 5.92 Å². The lowest BCUT2D eigenvalue weighted by Crippen LogP contribution is -2.33. The Morgan fingerprint density at radius 2 is 2.00 bits per heavy atom. The van der Waals surface area contributed by atoms with Gasteiger partial charge in [-0.15, -0.1) is 0 Å². The number of aryl methyl sites for hydroxylation is 1. The van der Waals surface area contributed by atoms with E-state index >= 15 is 0 Å². The number of rotatable bonds is 4.